The lowest BCUT2D eigenvalue weighted by atomic mass is 10.1. The first-order valence-corrected chi connectivity index (χ1v) is 11.7. The molecule has 0 fully saturated rings. The Hall–Kier alpha value is -2.89. The second-order valence-electron chi connectivity index (χ2n) is 7.46. The van der Waals surface area contributed by atoms with Gasteiger partial charge in [-0.05, 0) is 37.0 Å². The van der Waals surface area contributed by atoms with E-state index in [1.54, 1.807) is 25.3 Å². The molecule has 8 heteroatoms. The van der Waals surface area contributed by atoms with E-state index in [0.717, 1.165) is 21.1 Å². The van der Waals surface area contributed by atoms with Gasteiger partial charge in [-0.15, -0.1) is 0 Å². The summed E-state index contributed by atoms with van der Waals surface area (Å²) >= 11 is 0. The van der Waals surface area contributed by atoms with Crippen molar-refractivity contribution in [2.45, 2.75) is 25.8 Å². The molecule has 3 N–H and O–H groups in total. The molecule has 158 valence electrons. The fourth-order valence-corrected chi connectivity index (χ4v) is 4.83. The molecule has 1 aromatic heterocycles. The molecular formula is C22H25N2O5P. The number of rotatable bonds is 8. The maximum Gasteiger partial charge on any atom is 0.416 e. The second kappa shape index (κ2) is 9.28. The van der Waals surface area contributed by atoms with Gasteiger partial charge in [0.15, 0.2) is 0 Å². The molecule has 0 aliphatic rings. The zero-order chi connectivity index (χ0) is 21.7. The summed E-state index contributed by atoms with van der Waals surface area (Å²) in [5, 5.41) is 12.9. The molecule has 2 atom stereocenters. The van der Waals surface area contributed by atoms with Crippen molar-refractivity contribution in [3.8, 4) is 0 Å². The number of aryl methyl sites for hydroxylation is 1. The Morgan fingerprint density at radius 3 is 2.47 bits per heavy atom. The fraction of sp³-hybridized carbons (Fsp3) is 0.273. The Balaban J connectivity index is 1.59. The number of benzene rings is 2. The van der Waals surface area contributed by atoms with E-state index in [9.17, 15) is 24.2 Å². The van der Waals surface area contributed by atoms with E-state index in [1.165, 1.54) is 0 Å². The topological polar surface area (TPSA) is 109 Å². The maximum absolute atomic E-state index is 12.4. The third-order valence-corrected chi connectivity index (χ3v) is 6.62. The second-order valence-corrected chi connectivity index (χ2v) is 9.92. The zero-order valence-corrected chi connectivity index (χ0v) is 17.6. The van der Waals surface area contributed by atoms with Crippen molar-refractivity contribution in [1.82, 2.24) is 9.88 Å². The van der Waals surface area contributed by atoms with Crippen LogP contribution in [-0.2, 0) is 22.2 Å². The molecule has 7 nitrogen and oxygen atoms in total. The lowest BCUT2D eigenvalue weighted by molar-refractivity contribution is -0.119. The molecule has 0 spiro atoms. The van der Waals surface area contributed by atoms with E-state index in [0.29, 0.717) is 18.4 Å². The summed E-state index contributed by atoms with van der Waals surface area (Å²) in [7, 11) is -3.59. The van der Waals surface area contributed by atoms with E-state index in [4.69, 9.17) is 0 Å². The van der Waals surface area contributed by atoms with Crippen LogP contribution in [0.25, 0.3) is 10.9 Å². The van der Waals surface area contributed by atoms with Crippen molar-refractivity contribution in [2.24, 2.45) is 0 Å². The van der Waals surface area contributed by atoms with Gasteiger partial charge in [0, 0.05) is 23.8 Å². The average Bonchev–Trinajstić information content (AvgIpc) is 3.05. The third kappa shape index (κ3) is 5.59. The summed E-state index contributed by atoms with van der Waals surface area (Å²) in [6, 6.07) is 16.2. The van der Waals surface area contributed by atoms with Crippen molar-refractivity contribution in [3.05, 3.63) is 71.9 Å². The number of aromatic nitrogens is 1. The minimum absolute atomic E-state index is 0.0465. The number of nitrogens with zero attached hydrogens (tertiary/aromatic N) is 1. The summed E-state index contributed by atoms with van der Waals surface area (Å²) in [6.07, 6.45) is 0.936. The Bertz CT molecular complexity index is 1090. The van der Waals surface area contributed by atoms with Gasteiger partial charge in [-0.2, -0.15) is 0 Å². The molecule has 0 saturated carbocycles. The first-order chi connectivity index (χ1) is 14.2. The smallest absolute Gasteiger partial charge is 0.416 e. The van der Waals surface area contributed by atoms with E-state index in [-0.39, 0.29) is 12.2 Å². The summed E-state index contributed by atoms with van der Waals surface area (Å²) in [4.78, 5) is 33.9. The van der Waals surface area contributed by atoms with Crippen LogP contribution in [0.4, 0.5) is 4.79 Å². The predicted molar refractivity (Wildman–Crippen MR) is 116 cm³/mol. The molecule has 2 aromatic carbocycles. The van der Waals surface area contributed by atoms with Gasteiger partial charge in [0.25, 0.3) is 0 Å². The molecule has 0 bridgehead atoms. The van der Waals surface area contributed by atoms with Crippen LogP contribution in [0, 0.1) is 0 Å². The van der Waals surface area contributed by atoms with Gasteiger partial charge in [-0.25, -0.2) is 4.79 Å². The number of para-hydroxylation sites is 1. The normalized spacial score (nSPS) is 14.2. The van der Waals surface area contributed by atoms with Crippen molar-refractivity contribution in [1.29, 1.82) is 0 Å². The molecule has 1 heterocycles. The van der Waals surface area contributed by atoms with Gasteiger partial charge in [-0.1, -0.05) is 48.5 Å². The zero-order valence-electron chi connectivity index (χ0n) is 16.7. The van der Waals surface area contributed by atoms with Gasteiger partial charge in [0.05, 0.1) is 5.52 Å². The van der Waals surface area contributed by atoms with Crippen LogP contribution in [0.3, 0.4) is 0 Å². The van der Waals surface area contributed by atoms with Crippen LogP contribution in [0.1, 0.15) is 18.1 Å². The van der Waals surface area contributed by atoms with Crippen molar-refractivity contribution >= 4 is 30.3 Å². The number of carboxylic acid groups (broad SMARTS) is 1. The minimum atomic E-state index is -3.59. The minimum Gasteiger partial charge on any atom is -0.464 e. The predicted octanol–water partition coefficient (Wildman–Crippen LogP) is 3.73. The molecule has 0 aliphatic carbocycles. The van der Waals surface area contributed by atoms with Gasteiger partial charge >= 0.3 is 6.09 Å². The summed E-state index contributed by atoms with van der Waals surface area (Å²) in [5.74, 6) is -0.483. The number of hydrogen-bond donors (Lipinski definition) is 3. The lowest BCUT2D eigenvalue weighted by Crippen LogP contribution is -2.36. The highest BCUT2D eigenvalue weighted by Gasteiger charge is 2.24. The first-order valence-electron chi connectivity index (χ1n) is 9.71. The molecular weight excluding hydrogens is 403 g/mol. The molecule has 3 rings (SSSR count). The highest BCUT2D eigenvalue weighted by molar-refractivity contribution is 7.58. The van der Waals surface area contributed by atoms with Gasteiger partial charge < -0.3 is 15.3 Å². The monoisotopic (exact) mass is 428 g/mol. The van der Waals surface area contributed by atoms with Crippen molar-refractivity contribution < 1.29 is 24.2 Å². The molecule has 0 aliphatic heterocycles. The number of amides is 1. The summed E-state index contributed by atoms with van der Waals surface area (Å²) in [5.41, 5.74) is 2.33. The molecule has 0 radical (unpaired) electrons. The third-order valence-electron chi connectivity index (χ3n) is 4.92. The number of carbonyl (C=O) groups excluding carboxylic acids is 1. The summed E-state index contributed by atoms with van der Waals surface area (Å²) in [6.45, 7) is 1.79. The van der Waals surface area contributed by atoms with Gasteiger partial charge in [0.1, 0.15) is 6.16 Å². The van der Waals surface area contributed by atoms with Crippen molar-refractivity contribution in [2.75, 3.05) is 12.3 Å². The Morgan fingerprint density at radius 1 is 1.10 bits per heavy atom. The Labute approximate surface area is 174 Å². The number of hydrogen-bond acceptors (Lipinski definition) is 3. The fourth-order valence-electron chi connectivity index (χ4n) is 3.52. The highest BCUT2D eigenvalue weighted by atomic mass is 31.2. The number of nitrogens with one attached hydrogen (secondary N) is 1. The lowest BCUT2D eigenvalue weighted by Gasteiger charge is -2.16. The largest absolute Gasteiger partial charge is 0.464 e. The van der Waals surface area contributed by atoms with Crippen LogP contribution < -0.4 is 5.32 Å². The van der Waals surface area contributed by atoms with Crippen LogP contribution >= 0.6 is 7.37 Å². The number of fused-ring (bicyclic) bond motifs is 1. The SMILES string of the molecule is C[C@H](Cc1cn(C(=O)O)c2ccccc12)NC(=O)CP(=O)(O)CCc1ccccc1. The Kier molecular flexibility index (Phi) is 6.75. The average molecular weight is 428 g/mol. The van der Waals surface area contributed by atoms with E-state index < -0.39 is 25.5 Å². The van der Waals surface area contributed by atoms with Crippen LogP contribution in [-0.4, -0.2) is 44.9 Å². The van der Waals surface area contributed by atoms with Gasteiger partial charge in [-0.3, -0.25) is 13.9 Å². The van der Waals surface area contributed by atoms with Gasteiger partial charge in [0.2, 0.25) is 13.3 Å². The van der Waals surface area contributed by atoms with Crippen LogP contribution in [0.15, 0.2) is 60.8 Å². The molecule has 30 heavy (non-hydrogen) atoms. The standard InChI is InChI=1S/C22H25N2O5P/c1-16(13-18-14-24(22(26)27)20-10-6-5-9-19(18)20)23-21(25)15-30(28,29)12-11-17-7-3-2-4-8-17/h2-10,14,16H,11-13,15H2,1H3,(H,23,25)(H,26,27)(H,28,29)/t16-/m1/s1. The highest BCUT2D eigenvalue weighted by Crippen LogP contribution is 2.40. The van der Waals surface area contributed by atoms with E-state index in [2.05, 4.69) is 5.32 Å². The van der Waals surface area contributed by atoms with E-state index >= 15 is 0 Å². The van der Waals surface area contributed by atoms with Crippen LogP contribution in [0.5, 0.6) is 0 Å². The van der Waals surface area contributed by atoms with Crippen LogP contribution in [0.2, 0.25) is 0 Å². The quantitative estimate of drug-likeness (QED) is 0.474. The number of carbonyl (C=O) groups is 2. The van der Waals surface area contributed by atoms with E-state index in [1.807, 2.05) is 42.5 Å². The molecule has 1 amide bonds. The molecule has 0 saturated heterocycles. The Morgan fingerprint density at radius 2 is 1.77 bits per heavy atom. The first kappa shape index (κ1) is 21.8. The summed E-state index contributed by atoms with van der Waals surface area (Å²) < 4.78 is 13.6. The van der Waals surface area contributed by atoms with Crippen molar-refractivity contribution in [3.63, 3.8) is 0 Å². The molecule has 3 aromatic rings. The maximum atomic E-state index is 12.4. The molecule has 1 unspecified atom stereocenters.